The van der Waals surface area contributed by atoms with E-state index >= 15 is 0 Å². The lowest BCUT2D eigenvalue weighted by Gasteiger charge is -2.00. The van der Waals surface area contributed by atoms with Gasteiger partial charge in [-0.1, -0.05) is 5.16 Å². The standard InChI is InChI=1S/C8H15N3O3/c1-6(12-2)8-10-7(14-11-8)5-13-4-3-9/h6H,3-5,9H2,1-2H3. The molecule has 1 aromatic rings. The van der Waals surface area contributed by atoms with E-state index in [4.69, 9.17) is 19.7 Å². The van der Waals surface area contributed by atoms with Crippen LogP contribution in [0.3, 0.4) is 0 Å². The second kappa shape index (κ2) is 5.69. The van der Waals surface area contributed by atoms with E-state index in [0.29, 0.717) is 31.5 Å². The first-order chi connectivity index (χ1) is 6.77. The molecule has 1 rings (SSSR count). The third kappa shape index (κ3) is 3.06. The highest BCUT2D eigenvalue weighted by Gasteiger charge is 2.12. The van der Waals surface area contributed by atoms with Gasteiger partial charge < -0.3 is 19.7 Å². The van der Waals surface area contributed by atoms with Crippen LogP contribution in [-0.4, -0.2) is 30.4 Å². The third-order valence-corrected chi connectivity index (χ3v) is 1.69. The van der Waals surface area contributed by atoms with Gasteiger partial charge in [-0.15, -0.1) is 0 Å². The van der Waals surface area contributed by atoms with Gasteiger partial charge in [0.1, 0.15) is 12.7 Å². The van der Waals surface area contributed by atoms with Crippen LogP contribution in [0.2, 0.25) is 0 Å². The molecular formula is C8H15N3O3. The molecule has 0 bridgehead atoms. The Bertz CT molecular complexity index is 264. The minimum absolute atomic E-state index is 0.165. The summed E-state index contributed by atoms with van der Waals surface area (Å²) in [5.74, 6) is 0.969. The predicted molar refractivity (Wildman–Crippen MR) is 48.4 cm³/mol. The smallest absolute Gasteiger partial charge is 0.252 e. The molecule has 0 amide bonds. The molecule has 0 aromatic carbocycles. The van der Waals surface area contributed by atoms with Gasteiger partial charge in [-0.25, -0.2) is 0 Å². The number of aromatic nitrogens is 2. The molecule has 1 unspecified atom stereocenters. The first kappa shape index (κ1) is 11.1. The molecule has 14 heavy (non-hydrogen) atoms. The summed E-state index contributed by atoms with van der Waals surface area (Å²) in [6.07, 6.45) is -0.165. The molecule has 1 heterocycles. The van der Waals surface area contributed by atoms with Gasteiger partial charge in [-0.3, -0.25) is 0 Å². The quantitative estimate of drug-likeness (QED) is 0.664. The van der Waals surface area contributed by atoms with Crippen molar-refractivity contribution in [2.24, 2.45) is 5.73 Å². The Hall–Kier alpha value is -0.980. The molecule has 0 radical (unpaired) electrons. The van der Waals surface area contributed by atoms with Gasteiger partial charge in [0, 0.05) is 13.7 Å². The maximum atomic E-state index is 5.26. The molecule has 1 aromatic heterocycles. The summed E-state index contributed by atoms with van der Waals surface area (Å²) in [5.41, 5.74) is 5.26. The van der Waals surface area contributed by atoms with Gasteiger partial charge >= 0.3 is 0 Å². The van der Waals surface area contributed by atoms with Crippen LogP contribution < -0.4 is 5.73 Å². The lowest BCUT2D eigenvalue weighted by atomic mass is 10.4. The summed E-state index contributed by atoms with van der Waals surface area (Å²) >= 11 is 0. The Balaban J connectivity index is 2.42. The number of ether oxygens (including phenoxy) is 2. The zero-order valence-corrected chi connectivity index (χ0v) is 8.40. The lowest BCUT2D eigenvalue weighted by molar-refractivity contribution is 0.103. The van der Waals surface area contributed by atoms with E-state index in [-0.39, 0.29) is 6.10 Å². The average Bonchev–Trinajstić information content (AvgIpc) is 2.66. The maximum Gasteiger partial charge on any atom is 0.252 e. The van der Waals surface area contributed by atoms with Gasteiger partial charge in [-0.2, -0.15) is 4.98 Å². The van der Waals surface area contributed by atoms with Crippen LogP contribution >= 0.6 is 0 Å². The molecular weight excluding hydrogens is 186 g/mol. The van der Waals surface area contributed by atoms with Crippen molar-refractivity contribution >= 4 is 0 Å². The normalized spacial score (nSPS) is 13.1. The number of nitrogens with zero attached hydrogens (tertiary/aromatic N) is 2. The number of methoxy groups -OCH3 is 1. The molecule has 0 fully saturated rings. The Kier molecular flexibility index (Phi) is 4.51. The van der Waals surface area contributed by atoms with E-state index in [1.165, 1.54) is 0 Å². The van der Waals surface area contributed by atoms with Crippen LogP contribution in [0.5, 0.6) is 0 Å². The van der Waals surface area contributed by atoms with Crippen LogP contribution in [0.15, 0.2) is 4.52 Å². The molecule has 80 valence electrons. The molecule has 6 nitrogen and oxygen atoms in total. The van der Waals surface area contributed by atoms with Crippen LogP contribution in [0.4, 0.5) is 0 Å². The van der Waals surface area contributed by atoms with Crippen LogP contribution in [0.25, 0.3) is 0 Å². The Labute approximate surface area is 82.4 Å². The van der Waals surface area contributed by atoms with Gasteiger partial charge in [0.25, 0.3) is 5.89 Å². The predicted octanol–water partition coefficient (Wildman–Crippen LogP) is 0.252. The maximum absolute atomic E-state index is 5.26. The van der Waals surface area contributed by atoms with Crippen molar-refractivity contribution in [3.63, 3.8) is 0 Å². The van der Waals surface area contributed by atoms with Gasteiger partial charge in [0.15, 0.2) is 5.82 Å². The van der Waals surface area contributed by atoms with Gasteiger partial charge in [0.05, 0.1) is 6.61 Å². The highest BCUT2D eigenvalue weighted by Crippen LogP contribution is 2.11. The Morgan fingerprint density at radius 1 is 1.57 bits per heavy atom. The zero-order valence-electron chi connectivity index (χ0n) is 8.40. The van der Waals surface area contributed by atoms with E-state index in [9.17, 15) is 0 Å². The summed E-state index contributed by atoms with van der Waals surface area (Å²) in [5, 5.41) is 3.74. The fraction of sp³-hybridized carbons (Fsp3) is 0.750. The first-order valence-corrected chi connectivity index (χ1v) is 4.41. The highest BCUT2D eigenvalue weighted by molar-refractivity contribution is 4.88. The molecule has 0 saturated heterocycles. The summed E-state index contributed by atoms with van der Waals surface area (Å²) in [6, 6.07) is 0. The van der Waals surface area contributed by atoms with E-state index in [2.05, 4.69) is 10.1 Å². The molecule has 0 saturated carbocycles. The largest absolute Gasteiger partial charge is 0.374 e. The van der Waals surface area contributed by atoms with Crippen molar-refractivity contribution in [3.05, 3.63) is 11.7 Å². The fourth-order valence-corrected chi connectivity index (χ4v) is 0.840. The second-order valence-electron chi connectivity index (χ2n) is 2.77. The van der Waals surface area contributed by atoms with E-state index in [1.54, 1.807) is 7.11 Å². The average molecular weight is 201 g/mol. The Morgan fingerprint density at radius 2 is 2.36 bits per heavy atom. The van der Waals surface area contributed by atoms with E-state index < -0.39 is 0 Å². The highest BCUT2D eigenvalue weighted by atomic mass is 16.5. The van der Waals surface area contributed by atoms with Crippen LogP contribution in [-0.2, 0) is 16.1 Å². The van der Waals surface area contributed by atoms with Crippen molar-refractivity contribution in [2.45, 2.75) is 19.6 Å². The van der Waals surface area contributed by atoms with Gasteiger partial charge in [0.2, 0.25) is 0 Å². The molecule has 1 atom stereocenters. The summed E-state index contributed by atoms with van der Waals surface area (Å²) < 4.78 is 15.1. The van der Waals surface area contributed by atoms with Crippen molar-refractivity contribution < 1.29 is 14.0 Å². The monoisotopic (exact) mass is 201 g/mol. The minimum atomic E-state index is -0.165. The Morgan fingerprint density at radius 3 is 3.00 bits per heavy atom. The van der Waals surface area contributed by atoms with Crippen molar-refractivity contribution in [1.82, 2.24) is 10.1 Å². The van der Waals surface area contributed by atoms with Crippen LogP contribution in [0.1, 0.15) is 24.7 Å². The molecule has 0 aliphatic rings. The summed E-state index contributed by atoms with van der Waals surface area (Å²) in [4.78, 5) is 4.08. The van der Waals surface area contributed by atoms with Crippen LogP contribution in [0, 0.1) is 0 Å². The fourth-order valence-electron chi connectivity index (χ4n) is 0.840. The lowest BCUT2D eigenvalue weighted by Crippen LogP contribution is -2.08. The molecule has 0 aliphatic heterocycles. The molecule has 6 heteroatoms. The first-order valence-electron chi connectivity index (χ1n) is 4.41. The minimum Gasteiger partial charge on any atom is -0.374 e. The summed E-state index contributed by atoms with van der Waals surface area (Å²) in [6.45, 7) is 3.10. The van der Waals surface area contributed by atoms with Crippen molar-refractivity contribution in [2.75, 3.05) is 20.3 Å². The van der Waals surface area contributed by atoms with E-state index in [1.807, 2.05) is 6.92 Å². The third-order valence-electron chi connectivity index (χ3n) is 1.69. The number of nitrogens with two attached hydrogens (primary N) is 1. The SMILES string of the molecule is COC(C)c1noc(COCCN)n1. The topological polar surface area (TPSA) is 83.4 Å². The second-order valence-corrected chi connectivity index (χ2v) is 2.77. The molecule has 0 aliphatic carbocycles. The zero-order chi connectivity index (χ0) is 10.4. The molecule has 0 spiro atoms. The number of rotatable bonds is 6. The summed E-state index contributed by atoms with van der Waals surface area (Å²) in [7, 11) is 1.59. The molecule has 2 N–H and O–H groups in total. The number of hydrogen-bond donors (Lipinski definition) is 1. The van der Waals surface area contributed by atoms with E-state index in [0.717, 1.165) is 0 Å². The number of hydrogen-bond acceptors (Lipinski definition) is 6. The van der Waals surface area contributed by atoms with Gasteiger partial charge in [-0.05, 0) is 6.92 Å². The van der Waals surface area contributed by atoms with Crippen molar-refractivity contribution in [1.29, 1.82) is 0 Å². The van der Waals surface area contributed by atoms with Crippen molar-refractivity contribution in [3.8, 4) is 0 Å².